The average molecular weight is 384 g/mol. The third kappa shape index (κ3) is 4.35. The zero-order valence-corrected chi connectivity index (χ0v) is 14.1. The maximum absolute atomic E-state index is 11.4. The van der Waals surface area contributed by atoms with Crippen molar-refractivity contribution in [2.24, 2.45) is 0 Å². The lowest BCUT2D eigenvalue weighted by Crippen LogP contribution is -1.97. The molecule has 0 saturated carbocycles. The Morgan fingerprint density at radius 3 is 2.95 bits per heavy atom. The van der Waals surface area contributed by atoms with Crippen molar-refractivity contribution in [3.63, 3.8) is 0 Å². The van der Waals surface area contributed by atoms with E-state index in [1.54, 1.807) is 12.1 Å². The number of phenols is 1. The van der Waals surface area contributed by atoms with E-state index in [1.165, 1.54) is 12.1 Å². The van der Waals surface area contributed by atoms with E-state index in [0.29, 0.717) is 10.7 Å². The molecule has 0 unspecified atom stereocenters. The fourth-order valence-corrected chi connectivity index (χ4v) is 2.78. The van der Waals surface area contributed by atoms with Crippen LogP contribution in [0.5, 0.6) is 5.75 Å². The number of nitrogens with one attached hydrogen (secondary N) is 1. The van der Waals surface area contributed by atoms with Crippen molar-refractivity contribution < 1.29 is 15.0 Å². The van der Waals surface area contributed by atoms with Crippen LogP contribution in [-0.2, 0) is 11.2 Å². The lowest BCUT2D eigenvalue weighted by Gasteiger charge is -2.02. The van der Waals surface area contributed by atoms with Crippen LogP contribution < -0.4 is 0 Å². The van der Waals surface area contributed by atoms with E-state index in [1.807, 2.05) is 6.92 Å². The number of aliphatic carboxylic acids is 1. The zero-order chi connectivity index (χ0) is 16.1. The molecule has 2 rings (SSSR count). The summed E-state index contributed by atoms with van der Waals surface area (Å²) in [5.74, 6) is -0.379. The Hall–Kier alpha value is -1.80. The Labute approximate surface area is 139 Å². The number of carboxylic acid groups (broad SMARTS) is 1. The first-order valence-electron chi connectivity index (χ1n) is 6.52. The number of halogens is 1. The smallest absolute Gasteiger partial charge is 0.342 e. The predicted octanol–water partition coefficient (Wildman–Crippen LogP) is 3.44. The second-order valence-electron chi connectivity index (χ2n) is 4.43. The summed E-state index contributed by atoms with van der Waals surface area (Å²) in [6.07, 6.45) is 3.07. The highest BCUT2D eigenvalue weighted by Gasteiger charge is 2.14. The lowest BCUT2D eigenvalue weighted by atomic mass is 10.2. The number of thioether (sulfide) groups is 1. The molecule has 1 heterocycles. The van der Waals surface area contributed by atoms with Crippen molar-refractivity contribution in [1.82, 2.24) is 15.2 Å². The monoisotopic (exact) mass is 383 g/mol. The molecule has 0 aliphatic heterocycles. The third-order valence-electron chi connectivity index (χ3n) is 2.69. The van der Waals surface area contributed by atoms with E-state index in [4.69, 9.17) is 0 Å². The van der Waals surface area contributed by atoms with Gasteiger partial charge in [0.1, 0.15) is 16.5 Å². The van der Waals surface area contributed by atoms with Crippen molar-refractivity contribution >= 4 is 39.7 Å². The first-order chi connectivity index (χ1) is 10.5. The van der Waals surface area contributed by atoms with E-state index in [-0.39, 0.29) is 10.7 Å². The molecule has 0 fully saturated rings. The highest BCUT2D eigenvalue weighted by Crippen LogP contribution is 2.30. The van der Waals surface area contributed by atoms with Crippen LogP contribution in [0.3, 0.4) is 0 Å². The molecular weight excluding hydrogens is 370 g/mol. The Balaban J connectivity index is 2.27. The topological polar surface area (TPSA) is 99.1 Å². The second-order valence-corrected chi connectivity index (χ2v) is 6.36. The van der Waals surface area contributed by atoms with Gasteiger partial charge in [0.25, 0.3) is 0 Å². The molecule has 0 bridgehead atoms. The van der Waals surface area contributed by atoms with Crippen LogP contribution in [0.15, 0.2) is 32.7 Å². The molecule has 3 N–H and O–H groups in total. The minimum atomic E-state index is -1.11. The highest BCUT2D eigenvalue weighted by molar-refractivity contribution is 9.10. The Morgan fingerprint density at radius 2 is 2.27 bits per heavy atom. The molecule has 1 aromatic heterocycles. The van der Waals surface area contributed by atoms with E-state index in [2.05, 4.69) is 31.1 Å². The molecule has 0 radical (unpaired) electrons. The molecule has 116 valence electrons. The van der Waals surface area contributed by atoms with Gasteiger partial charge in [0.2, 0.25) is 5.16 Å². The van der Waals surface area contributed by atoms with Gasteiger partial charge in [-0.05, 0) is 42.5 Å². The average Bonchev–Trinajstić information content (AvgIpc) is 2.90. The van der Waals surface area contributed by atoms with Crippen LogP contribution in [0.2, 0.25) is 0 Å². The summed E-state index contributed by atoms with van der Waals surface area (Å²) in [5, 5.41) is 26.2. The normalized spacial score (nSPS) is 11.6. The van der Waals surface area contributed by atoms with E-state index >= 15 is 0 Å². The molecule has 6 nitrogen and oxygen atoms in total. The number of benzene rings is 1. The molecule has 0 aliphatic carbocycles. The lowest BCUT2D eigenvalue weighted by molar-refractivity contribution is -0.131. The Kier molecular flexibility index (Phi) is 5.62. The van der Waals surface area contributed by atoms with E-state index in [0.717, 1.165) is 34.9 Å². The van der Waals surface area contributed by atoms with E-state index < -0.39 is 5.97 Å². The molecule has 0 atom stereocenters. The van der Waals surface area contributed by atoms with Gasteiger partial charge in [0.15, 0.2) is 0 Å². The number of hydrogen-bond donors (Lipinski definition) is 3. The first kappa shape index (κ1) is 16.6. The van der Waals surface area contributed by atoms with Crippen molar-refractivity contribution in [2.45, 2.75) is 24.9 Å². The van der Waals surface area contributed by atoms with Gasteiger partial charge in [-0.2, -0.15) is 0 Å². The molecule has 0 amide bonds. The van der Waals surface area contributed by atoms with Crippen LogP contribution in [0, 0.1) is 0 Å². The third-order valence-corrected chi connectivity index (χ3v) is 4.06. The molecule has 2 aromatic rings. The number of H-pyrrole nitrogens is 1. The quantitative estimate of drug-likeness (QED) is 0.521. The van der Waals surface area contributed by atoms with Crippen LogP contribution in [0.4, 0.5) is 0 Å². The molecule has 22 heavy (non-hydrogen) atoms. The van der Waals surface area contributed by atoms with E-state index in [9.17, 15) is 15.0 Å². The molecule has 0 spiro atoms. The Bertz CT molecular complexity index is 715. The van der Waals surface area contributed by atoms with Gasteiger partial charge < -0.3 is 10.2 Å². The maximum atomic E-state index is 11.4. The van der Waals surface area contributed by atoms with Crippen molar-refractivity contribution in [3.05, 3.63) is 39.0 Å². The van der Waals surface area contributed by atoms with Gasteiger partial charge >= 0.3 is 5.97 Å². The summed E-state index contributed by atoms with van der Waals surface area (Å²) in [5.41, 5.74) is 0.406. The summed E-state index contributed by atoms with van der Waals surface area (Å²) in [7, 11) is 0. The largest absolute Gasteiger partial charge is 0.507 e. The minimum absolute atomic E-state index is 0.00390. The number of phenolic OH excluding ortho intramolecular Hbond substituents is 1. The summed E-state index contributed by atoms with van der Waals surface area (Å²) in [6.45, 7) is 2.02. The maximum Gasteiger partial charge on any atom is 0.342 e. The minimum Gasteiger partial charge on any atom is -0.507 e. The number of hydrogen-bond acceptors (Lipinski definition) is 5. The first-order valence-corrected chi connectivity index (χ1v) is 8.13. The number of nitrogens with zero attached hydrogens (tertiary/aromatic N) is 2. The van der Waals surface area contributed by atoms with Gasteiger partial charge in [-0.1, -0.05) is 22.9 Å². The zero-order valence-electron chi connectivity index (χ0n) is 11.7. The van der Waals surface area contributed by atoms with Gasteiger partial charge in [-0.25, -0.2) is 9.78 Å². The second kappa shape index (κ2) is 7.46. The molecule has 1 aromatic carbocycles. The molecule has 8 heteroatoms. The van der Waals surface area contributed by atoms with Crippen molar-refractivity contribution in [2.75, 3.05) is 0 Å². The van der Waals surface area contributed by atoms with Gasteiger partial charge in [-0.15, -0.1) is 5.10 Å². The number of aromatic hydroxyl groups is 1. The standard InChI is InChI=1S/C14H14BrN3O3S/c1-2-3-12-16-14(18-17-12)22-11(13(20)21)7-8-6-9(15)4-5-10(8)19/h4-7,19H,2-3H2,1H3,(H,20,21)(H,16,17,18)/b11-7-. The van der Waals surface area contributed by atoms with Crippen LogP contribution in [0.1, 0.15) is 24.7 Å². The fourth-order valence-electron chi connectivity index (χ4n) is 1.69. The molecule has 0 saturated heterocycles. The van der Waals surface area contributed by atoms with Crippen molar-refractivity contribution in [3.8, 4) is 5.75 Å². The number of aryl methyl sites for hydroxylation is 1. The number of carboxylic acids is 1. The SMILES string of the molecule is CCCc1nc(S/C(=C\c2cc(Br)ccc2O)C(=O)O)n[nH]1. The van der Waals surface area contributed by atoms with Gasteiger partial charge in [0, 0.05) is 16.5 Å². The van der Waals surface area contributed by atoms with Crippen LogP contribution in [0.25, 0.3) is 6.08 Å². The highest BCUT2D eigenvalue weighted by atomic mass is 79.9. The number of carbonyl (C=O) groups is 1. The summed E-state index contributed by atoms with van der Waals surface area (Å²) < 4.78 is 0.745. The fraction of sp³-hybridized carbons (Fsp3) is 0.214. The number of rotatable bonds is 6. The van der Waals surface area contributed by atoms with Crippen LogP contribution >= 0.6 is 27.7 Å². The number of aromatic amines is 1. The van der Waals surface area contributed by atoms with Crippen molar-refractivity contribution in [1.29, 1.82) is 0 Å². The van der Waals surface area contributed by atoms with Gasteiger partial charge in [-0.3, -0.25) is 5.10 Å². The predicted molar refractivity (Wildman–Crippen MR) is 87.7 cm³/mol. The summed E-state index contributed by atoms with van der Waals surface area (Å²) in [4.78, 5) is 15.6. The molecule has 0 aliphatic rings. The summed E-state index contributed by atoms with van der Waals surface area (Å²) >= 11 is 4.22. The Morgan fingerprint density at radius 1 is 1.50 bits per heavy atom. The number of aromatic nitrogens is 3. The van der Waals surface area contributed by atoms with Crippen LogP contribution in [-0.4, -0.2) is 31.4 Å². The summed E-state index contributed by atoms with van der Waals surface area (Å²) in [6, 6.07) is 4.80. The molecular formula is C14H14BrN3O3S. The van der Waals surface area contributed by atoms with Gasteiger partial charge in [0.05, 0.1) is 0 Å².